The molecular formula is C16H24FeO2-6. The van der Waals surface area contributed by atoms with Gasteiger partial charge in [-0.05, 0) is 6.42 Å². The molecule has 0 saturated carbocycles. The molecule has 0 unspecified atom stereocenters. The van der Waals surface area contributed by atoms with Crippen molar-refractivity contribution in [1.29, 1.82) is 0 Å². The number of aliphatic hydroxyl groups is 1. The number of hydrogen-bond acceptors (Lipinski definition) is 2. The number of ether oxygens (including phenoxy) is 1. The minimum absolute atomic E-state index is 0. The van der Waals surface area contributed by atoms with Crippen LogP contribution in [0.5, 0.6) is 0 Å². The molecule has 2 aromatic rings. The number of hydrogen-bond donors (Lipinski definition) is 1. The van der Waals surface area contributed by atoms with Crippen molar-refractivity contribution in [3.05, 3.63) is 60.7 Å². The second-order valence-corrected chi connectivity index (χ2v) is 3.61. The Kier molecular flexibility index (Phi) is 21.0. The van der Waals surface area contributed by atoms with Gasteiger partial charge in [0.05, 0.1) is 13.2 Å². The van der Waals surface area contributed by atoms with Gasteiger partial charge in [-0.1, -0.05) is 13.3 Å². The summed E-state index contributed by atoms with van der Waals surface area (Å²) in [5.74, 6) is 0. The van der Waals surface area contributed by atoms with Gasteiger partial charge in [-0.25, -0.2) is 12.1 Å². The van der Waals surface area contributed by atoms with E-state index in [1.165, 1.54) is 0 Å². The van der Waals surface area contributed by atoms with E-state index in [2.05, 4.69) is 6.92 Å². The van der Waals surface area contributed by atoms with Crippen LogP contribution in [-0.2, 0) is 21.8 Å². The van der Waals surface area contributed by atoms with Gasteiger partial charge in [-0.2, -0.15) is 18.2 Å². The Morgan fingerprint density at radius 1 is 0.947 bits per heavy atom. The topological polar surface area (TPSA) is 29.5 Å². The summed E-state index contributed by atoms with van der Waals surface area (Å²) in [7, 11) is 0. The van der Waals surface area contributed by atoms with Gasteiger partial charge < -0.3 is 40.2 Å². The molecule has 0 atom stereocenters. The van der Waals surface area contributed by atoms with Crippen LogP contribution in [0, 0.1) is 0 Å². The third-order valence-electron chi connectivity index (χ3n) is 1.99. The standard InChI is InChI=1S/C6H14O2.2C5H5.Fe/c1-2-3-5-8-6-4-7;2*1-2-4-5-3-1;/h7H,2-6H2,1H3;2*1-5H;/q;-5;-1;. The van der Waals surface area contributed by atoms with Crippen LogP contribution in [0.1, 0.15) is 19.8 Å². The van der Waals surface area contributed by atoms with Crippen LogP contribution < -0.4 is 0 Å². The van der Waals surface area contributed by atoms with Gasteiger partial charge in [0.25, 0.3) is 0 Å². The molecule has 0 spiro atoms. The Labute approximate surface area is 127 Å². The first kappa shape index (κ1) is 20.5. The molecule has 0 aliphatic heterocycles. The van der Waals surface area contributed by atoms with Crippen LogP contribution in [-0.4, -0.2) is 24.9 Å². The zero-order valence-corrected chi connectivity index (χ0v) is 12.6. The Balaban J connectivity index is 0. The van der Waals surface area contributed by atoms with Gasteiger partial charge in [0, 0.05) is 23.7 Å². The maximum atomic E-state index is 8.24. The van der Waals surface area contributed by atoms with Crippen molar-refractivity contribution in [2.45, 2.75) is 19.8 Å². The third-order valence-corrected chi connectivity index (χ3v) is 1.99. The summed E-state index contributed by atoms with van der Waals surface area (Å²) >= 11 is 0. The van der Waals surface area contributed by atoms with E-state index < -0.39 is 0 Å². The molecule has 0 bridgehead atoms. The average Bonchev–Trinajstić information content (AvgIpc) is 3.12. The summed E-state index contributed by atoms with van der Waals surface area (Å²) < 4.78 is 4.97. The molecule has 114 valence electrons. The van der Waals surface area contributed by atoms with E-state index in [1.807, 2.05) is 60.7 Å². The van der Waals surface area contributed by atoms with E-state index in [0.29, 0.717) is 6.61 Å². The molecule has 0 aromatic heterocycles. The molecule has 2 aromatic carbocycles. The Morgan fingerprint density at radius 3 is 1.79 bits per heavy atom. The smallest absolute Gasteiger partial charge is 0.0697 e. The summed E-state index contributed by atoms with van der Waals surface area (Å²) in [4.78, 5) is 0. The minimum atomic E-state index is 0. The fraction of sp³-hybridized carbons (Fsp3) is 0.375. The summed E-state index contributed by atoms with van der Waals surface area (Å²) in [5, 5.41) is 8.24. The van der Waals surface area contributed by atoms with Crippen molar-refractivity contribution in [2.24, 2.45) is 0 Å². The fourth-order valence-electron chi connectivity index (χ4n) is 1.05. The van der Waals surface area contributed by atoms with Crippen molar-refractivity contribution >= 4 is 0 Å². The summed E-state index contributed by atoms with van der Waals surface area (Å²) in [6, 6.07) is 20.0. The number of rotatable bonds is 5. The van der Waals surface area contributed by atoms with E-state index in [9.17, 15) is 0 Å². The Bertz CT molecular complexity index is 224. The molecule has 0 amide bonds. The first-order valence-corrected chi connectivity index (χ1v) is 6.43. The maximum absolute atomic E-state index is 8.24. The molecular weight excluding hydrogens is 280 g/mol. The van der Waals surface area contributed by atoms with E-state index in [-0.39, 0.29) is 23.7 Å². The Hall–Kier alpha value is -0.861. The zero-order valence-electron chi connectivity index (χ0n) is 11.5. The molecule has 0 aliphatic rings. The molecule has 2 nitrogen and oxygen atoms in total. The fourth-order valence-corrected chi connectivity index (χ4v) is 1.05. The first-order valence-electron chi connectivity index (χ1n) is 6.43. The van der Waals surface area contributed by atoms with Crippen molar-refractivity contribution in [2.75, 3.05) is 19.8 Å². The molecule has 0 aliphatic carbocycles. The van der Waals surface area contributed by atoms with E-state index >= 15 is 0 Å². The molecule has 0 heterocycles. The molecule has 0 saturated heterocycles. The predicted molar refractivity (Wildman–Crippen MR) is 76.9 cm³/mol. The zero-order chi connectivity index (χ0) is 13.3. The number of unbranched alkanes of at least 4 members (excludes halogenated alkanes) is 1. The van der Waals surface area contributed by atoms with Crippen LogP contribution in [0.25, 0.3) is 0 Å². The number of aliphatic hydroxyl groups excluding tert-OH is 1. The Morgan fingerprint density at radius 2 is 1.47 bits per heavy atom. The van der Waals surface area contributed by atoms with Gasteiger partial charge in [-0.3, -0.25) is 0 Å². The van der Waals surface area contributed by atoms with Gasteiger partial charge in [-0.15, -0.1) is 0 Å². The SMILES string of the molecule is CCCCOCCO.[Fe].[cH-]1[cH-][cH-][cH-][cH-]1.c1cc[cH-]c1. The van der Waals surface area contributed by atoms with Gasteiger partial charge in [0.2, 0.25) is 0 Å². The predicted octanol–water partition coefficient (Wildman–Crippen LogP) is 3.60. The van der Waals surface area contributed by atoms with Crippen LogP contribution in [0.2, 0.25) is 0 Å². The van der Waals surface area contributed by atoms with Crippen LogP contribution in [0.3, 0.4) is 0 Å². The molecule has 1 N–H and O–H groups in total. The first-order chi connectivity index (χ1) is 8.91. The van der Waals surface area contributed by atoms with Crippen molar-refractivity contribution < 1.29 is 26.9 Å². The molecule has 3 heteroatoms. The van der Waals surface area contributed by atoms with Crippen LogP contribution >= 0.6 is 0 Å². The largest absolute Gasteiger partial charge is 0.748 e. The molecule has 0 fully saturated rings. The minimum Gasteiger partial charge on any atom is -0.748 e. The summed E-state index contributed by atoms with van der Waals surface area (Å²) in [5.41, 5.74) is 0. The van der Waals surface area contributed by atoms with Gasteiger partial charge in [0.1, 0.15) is 0 Å². The molecule has 19 heavy (non-hydrogen) atoms. The summed E-state index contributed by atoms with van der Waals surface area (Å²) in [6.07, 6.45) is 2.26. The van der Waals surface area contributed by atoms with Gasteiger partial charge >= 0.3 is 0 Å². The monoisotopic (exact) mass is 304 g/mol. The molecule has 2 rings (SSSR count). The van der Waals surface area contributed by atoms with E-state index in [1.54, 1.807) is 0 Å². The van der Waals surface area contributed by atoms with Crippen molar-refractivity contribution in [1.82, 2.24) is 0 Å². The quantitative estimate of drug-likeness (QED) is 0.519. The van der Waals surface area contributed by atoms with Crippen molar-refractivity contribution in [3.63, 3.8) is 0 Å². The normalized spacial score (nSPS) is 8.32. The second kappa shape index (κ2) is 19.5. The van der Waals surface area contributed by atoms with Crippen molar-refractivity contribution in [3.8, 4) is 0 Å². The van der Waals surface area contributed by atoms with Crippen LogP contribution in [0.15, 0.2) is 60.7 Å². The van der Waals surface area contributed by atoms with Crippen LogP contribution in [0.4, 0.5) is 0 Å². The van der Waals surface area contributed by atoms with E-state index in [0.717, 1.165) is 19.4 Å². The molecule has 0 radical (unpaired) electrons. The summed E-state index contributed by atoms with van der Waals surface area (Å²) in [6.45, 7) is 3.53. The third kappa shape index (κ3) is 19.6. The maximum Gasteiger partial charge on any atom is 0.0697 e. The average molecular weight is 304 g/mol. The van der Waals surface area contributed by atoms with E-state index in [4.69, 9.17) is 9.84 Å². The second-order valence-electron chi connectivity index (χ2n) is 3.61. The van der Waals surface area contributed by atoms with Gasteiger partial charge in [0.15, 0.2) is 0 Å².